The van der Waals surface area contributed by atoms with Gasteiger partial charge in [-0.15, -0.1) is 0 Å². The normalized spacial score (nSPS) is 10.5. The SMILES string of the molecule is CC(C)COc1ccc(-c2c(-c3ccccc3)cnc(N)c2C#N)cc1. The Kier molecular flexibility index (Phi) is 5.19. The Balaban J connectivity index is 2.09. The maximum absolute atomic E-state index is 9.64. The number of nitriles is 1. The van der Waals surface area contributed by atoms with E-state index in [0.29, 0.717) is 18.1 Å². The molecule has 2 N–H and O–H groups in total. The van der Waals surface area contributed by atoms with Crippen LogP contribution in [0.3, 0.4) is 0 Å². The standard InChI is InChI=1S/C22H21N3O/c1-15(2)14-26-18-10-8-17(9-11-18)21-19(12-23)22(24)25-13-20(21)16-6-4-3-5-7-16/h3-11,13,15H,14H2,1-2H3,(H2,24,25). The topological polar surface area (TPSA) is 71.9 Å². The zero-order chi connectivity index (χ0) is 18.5. The number of nitrogen functional groups attached to an aromatic ring is 1. The second-order valence-corrected chi connectivity index (χ2v) is 6.51. The lowest BCUT2D eigenvalue weighted by molar-refractivity contribution is 0.271. The monoisotopic (exact) mass is 343 g/mol. The predicted molar refractivity (Wildman–Crippen MR) is 105 cm³/mol. The zero-order valence-corrected chi connectivity index (χ0v) is 14.9. The lowest BCUT2D eigenvalue weighted by Crippen LogP contribution is -2.04. The molecule has 4 heteroatoms. The molecule has 0 aliphatic carbocycles. The molecule has 0 fully saturated rings. The van der Waals surface area contributed by atoms with Crippen molar-refractivity contribution in [2.45, 2.75) is 13.8 Å². The van der Waals surface area contributed by atoms with Gasteiger partial charge < -0.3 is 10.5 Å². The van der Waals surface area contributed by atoms with Crippen molar-refractivity contribution in [1.29, 1.82) is 5.26 Å². The fourth-order valence-electron chi connectivity index (χ4n) is 2.76. The summed E-state index contributed by atoms with van der Waals surface area (Å²) in [5, 5.41) is 9.64. The van der Waals surface area contributed by atoms with Crippen molar-refractivity contribution in [2.75, 3.05) is 12.3 Å². The van der Waals surface area contributed by atoms with Crippen LogP contribution in [0.2, 0.25) is 0 Å². The quantitative estimate of drug-likeness (QED) is 0.715. The Morgan fingerprint density at radius 1 is 1.04 bits per heavy atom. The molecule has 0 aliphatic rings. The van der Waals surface area contributed by atoms with E-state index in [1.807, 2.05) is 54.6 Å². The van der Waals surface area contributed by atoms with Crippen LogP contribution in [0.5, 0.6) is 5.75 Å². The molecule has 3 aromatic rings. The highest BCUT2D eigenvalue weighted by Gasteiger charge is 2.16. The molecule has 0 aliphatic heterocycles. The Morgan fingerprint density at radius 3 is 2.35 bits per heavy atom. The van der Waals surface area contributed by atoms with Gasteiger partial charge in [0.25, 0.3) is 0 Å². The maximum Gasteiger partial charge on any atom is 0.141 e. The van der Waals surface area contributed by atoms with Crippen molar-refractivity contribution in [3.63, 3.8) is 0 Å². The lowest BCUT2D eigenvalue weighted by Gasteiger charge is -2.14. The van der Waals surface area contributed by atoms with Gasteiger partial charge in [0.1, 0.15) is 23.2 Å². The van der Waals surface area contributed by atoms with E-state index in [9.17, 15) is 5.26 Å². The number of benzene rings is 2. The van der Waals surface area contributed by atoms with E-state index in [0.717, 1.165) is 28.0 Å². The van der Waals surface area contributed by atoms with E-state index in [1.54, 1.807) is 6.20 Å². The van der Waals surface area contributed by atoms with Crippen LogP contribution in [-0.2, 0) is 0 Å². The number of aromatic nitrogens is 1. The van der Waals surface area contributed by atoms with Gasteiger partial charge in [0.05, 0.1) is 6.61 Å². The third-order valence-electron chi connectivity index (χ3n) is 4.03. The molecule has 1 heterocycles. The summed E-state index contributed by atoms with van der Waals surface area (Å²) in [6.07, 6.45) is 1.73. The minimum atomic E-state index is 0.238. The highest BCUT2D eigenvalue weighted by atomic mass is 16.5. The Labute approximate surface area is 153 Å². The average molecular weight is 343 g/mol. The molecule has 0 saturated carbocycles. The number of nitrogens with two attached hydrogens (primary N) is 1. The smallest absolute Gasteiger partial charge is 0.141 e. The molecule has 0 atom stereocenters. The van der Waals surface area contributed by atoms with Crippen LogP contribution in [0.25, 0.3) is 22.3 Å². The largest absolute Gasteiger partial charge is 0.493 e. The number of hydrogen-bond donors (Lipinski definition) is 1. The number of rotatable bonds is 5. The van der Waals surface area contributed by atoms with Crippen LogP contribution < -0.4 is 10.5 Å². The van der Waals surface area contributed by atoms with Crippen molar-refractivity contribution >= 4 is 5.82 Å². The van der Waals surface area contributed by atoms with Crippen molar-refractivity contribution in [2.24, 2.45) is 5.92 Å². The van der Waals surface area contributed by atoms with Crippen LogP contribution in [0, 0.1) is 17.2 Å². The van der Waals surface area contributed by atoms with E-state index in [2.05, 4.69) is 24.9 Å². The van der Waals surface area contributed by atoms with Gasteiger partial charge in [-0.2, -0.15) is 5.26 Å². The number of pyridine rings is 1. The molecule has 130 valence electrons. The van der Waals surface area contributed by atoms with Gasteiger partial charge >= 0.3 is 0 Å². The van der Waals surface area contributed by atoms with E-state index in [-0.39, 0.29) is 5.82 Å². The van der Waals surface area contributed by atoms with Gasteiger partial charge in [0.15, 0.2) is 0 Å². The first-order valence-corrected chi connectivity index (χ1v) is 8.57. The molecule has 0 bridgehead atoms. The Morgan fingerprint density at radius 2 is 1.73 bits per heavy atom. The first-order chi connectivity index (χ1) is 12.6. The summed E-state index contributed by atoms with van der Waals surface area (Å²) in [6, 6.07) is 19.8. The lowest BCUT2D eigenvalue weighted by atomic mass is 9.92. The van der Waals surface area contributed by atoms with E-state index < -0.39 is 0 Å². The molecular weight excluding hydrogens is 322 g/mol. The van der Waals surface area contributed by atoms with Crippen molar-refractivity contribution < 1.29 is 4.74 Å². The van der Waals surface area contributed by atoms with Gasteiger partial charge in [0, 0.05) is 17.3 Å². The van der Waals surface area contributed by atoms with Crippen LogP contribution in [0.1, 0.15) is 19.4 Å². The van der Waals surface area contributed by atoms with Crippen LogP contribution >= 0.6 is 0 Å². The minimum absolute atomic E-state index is 0.238. The number of nitrogens with zero attached hydrogens (tertiary/aromatic N) is 2. The summed E-state index contributed by atoms with van der Waals surface area (Å²) < 4.78 is 5.75. The predicted octanol–water partition coefficient (Wildman–Crippen LogP) is 4.90. The molecular formula is C22H21N3O. The molecule has 0 saturated heterocycles. The molecule has 0 spiro atoms. The Bertz CT molecular complexity index is 926. The number of ether oxygens (including phenoxy) is 1. The van der Waals surface area contributed by atoms with Gasteiger partial charge in [-0.1, -0.05) is 56.3 Å². The molecule has 0 unspecified atom stereocenters. The first kappa shape index (κ1) is 17.5. The summed E-state index contributed by atoms with van der Waals surface area (Å²) in [6.45, 7) is 4.89. The second-order valence-electron chi connectivity index (χ2n) is 6.51. The third-order valence-corrected chi connectivity index (χ3v) is 4.03. The highest BCUT2D eigenvalue weighted by molar-refractivity contribution is 5.89. The molecule has 4 nitrogen and oxygen atoms in total. The van der Waals surface area contributed by atoms with E-state index in [1.165, 1.54) is 0 Å². The molecule has 0 amide bonds. The second kappa shape index (κ2) is 7.71. The first-order valence-electron chi connectivity index (χ1n) is 8.57. The van der Waals surface area contributed by atoms with E-state index in [4.69, 9.17) is 10.5 Å². The fraction of sp³-hybridized carbons (Fsp3) is 0.182. The van der Waals surface area contributed by atoms with Gasteiger partial charge in [-0.05, 0) is 29.2 Å². The maximum atomic E-state index is 9.64. The van der Waals surface area contributed by atoms with Gasteiger partial charge in [-0.25, -0.2) is 4.98 Å². The van der Waals surface area contributed by atoms with Crippen molar-refractivity contribution in [1.82, 2.24) is 4.98 Å². The summed E-state index contributed by atoms with van der Waals surface area (Å²) in [5.41, 5.74) is 9.94. The third kappa shape index (κ3) is 3.68. The summed E-state index contributed by atoms with van der Waals surface area (Å²) >= 11 is 0. The summed E-state index contributed by atoms with van der Waals surface area (Å²) in [5.74, 6) is 1.51. The van der Waals surface area contributed by atoms with Crippen LogP contribution in [0.15, 0.2) is 60.8 Å². The molecule has 1 aromatic heterocycles. The Hall–Kier alpha value is -3.32. The fourth-order valence-corrected chi connectivity index (χ4v) is 2.76. The molecule has 2 aromatic carbocycles. The van der Waals surface area contributed by atoms with Gasteiger partial charge in [-0.3, -0.25) is 0 Å². The molecule has 26 heavy (non-hydrogen) atoms. The molecule has 0 radical (unpaired) electrons. The number of anilines is 1. The highest BCUT2D eigenvalue weighted by Crippen LogP contribution is 2.36. The van der Waals surface area contributed by atoms with Gasteiger partial charge in [0.2, 0.25) is 0 Å². The summed E-state index contributed by atoms with van der Waals surface area (Å²) in [7, 11) is 0. The average Bonchev–Trinajstić information content (AvgIpc) is 2.67. The van der Waals surface area contributed by atoms with Crippen molar-refractivity contribution in [3.8, 4) is 34.1 Å². The zero-order valence-electron chi connectivity index (χ0n) is 14.9. The van der Waals surface area contributed by atoms with E-state index >= 15 is 0 Å². The minimum Gasteiger partial charge on any atom is -0.493 e. The number of hydrogen-bond acceptors (Lipinski definition) is 4. The van der Waals surface area contributed by atoms with Crippen LogP contribution in [0.4, 0.5) is 5.82 Å². The molecule has 3 rings (SSSR count). The van der Waals surface area contributed by atoms with Crippen molar-refractivity contribution in [3.05, 3.63) is 66.4 Å². The van der Waals surface area contributed by atoms with Crippen LogP contribution in [-0.4, -0.2) is 11.6 Å². The summed E-state index contributed by atoms with van der Waals surface area (Å²) in [4.78, 5) is 4.21.